The van der Waals surface area contributed by atoms with Crippen LogP contribution in [0.25, 0.3) is 0 Å². The highest BCUT2D eigenvalue weighted by atomic mass is 16.5. The highest BCUT2D eigenvalue weighted by Crippen LogP contribution is 2.23. The van der Waals surface area contributed by atoms with Crippen LogP contribution >= 0.6 is 0 Å². The van der Waals surface area contributed by atoms with Gasteiger partial charge in [-0.05, 0) is 0 Å². The van der Waals surface area contributed by atoms with Crippen LogP contribution in [0.1, 0.15) is 16.8 Å². The maximum Gasteiger partial charge on any atom is 0.261 e. The molecule has 1 aromatic heterocycles. The Labute approximate surface area is 104 Å². The SMILES string of the molecule is O=C1CN(C(=O)c2cnn3c2OCCC3)CCN1. The zero-order valence-electron chi connectivity index (χ0n) is 9.89. The summed E-state index contributed by atoms with van der Waals surface area (Å²) in [7, 11) is 0. The predicted molar refractivity (Wildman–Crippen MR) is 61.3 cm³/mol. The van der Waals surface area contributed by atoms with E-state index in [1.807, 2.05) is 0 Å². The van der Waals surface area contributed by atoms with Gasteiger partial charge in [0.25, 0.3) is 5.91 Å². The van der Waals surface area contributed by atoms with Crippen LogP contribution in [-0.2, 0) is 11.3 Å². The number of hydrogen-bond donors (Lipinski definition) is 1. The standard InChI is InChI=1S/C11H14N4O3/c16-9-7-14(4-2-12-9)10(17)8-6-13-15-3-1-5-18-11(8)15/h6H,1-5,7H2,(H,12,16). The molecule has 3 rings (SSSR count). The smallest absolute Gasteiger partial charge is 0.261 e. The molecule has 1 saturated heterocycles. The summed E-state index contributed by atoms with van der Waals surface area (Å²) < 4.78 is 7.18. The average molecular weight is 250 g/mol. The first kappa shape index (κ1) is 11.1. The van der Waals surface area contributed by atoms with Gasteiger partial charge in [-0.25, -0.2) is 4.68 Å². The summed E-state index contributed by atoms with van der Waals surface area (Å²) in [5.74, 6) is 0.210. The topological polar surface area (TPSA) is 76.5 Å². The molecular formula is C11H14N4O3. The summed E-state index contributed by atoms with van der Waals surface area (Å²) in [5.41, 5.74) is 0.449. The molecule has 0 aromatic carbocycles. The molecule has 1 N–H and O–H groups in total. The molecule has 0 saturated carbocycles. The molecule has 0 aliphatic carbocycles. The van der Waals surface area contributed by atoms with Gasteiger partial charge in [-0.15, -0.1) is 0 Å². The number of nitrogens with zero attached hydrogens (tertiary/aromatic N) is 3. The molecule has 0 atom stereocenters. The third-order valence-corrected chi connectivity index (χ3v) is 3.10. The van der Waals surface area contributed by atoms with E-state index in [0.29, 0.717) is 31.1 Å². The van der Waals surface area contributed by atoms with Gasteiger partial charge in [0.05, 0.1) is 19.3 Å². The maximum atomic E-state index is 12.3. The van der Waals surface area contributed by atoms with Crippen LogP contribution in [-0.4, -0.2) is 52.7 Å². The van der Waals surface area contributed by atoms with E-state index in [9.17, 15) is 9.59 Å². The number of rotatable bonds is 1. The van der Waals surface area contributed by atoms with Gasteiger partial charge >= 0.3 is 0 Å². The fourth-order valence-electron chi connectivity index (χ4n) is 2.20. The summed E-state index contributed by atoms with van der Waals surface area (Å²) in [6.45, 7) is 2.49. The van der Waals surface area contributed by atoms with Crippen molar-refractivity contribution < 1.29 is 14.3 Å². The fraction of sp³-hybridized carbons (Fsp3) is 0.545. The van der Waals surface area contributed by atoms with E-state index in [-0.39, 0.29) is 18.4 Å². The predicted octanol–water partition coefficient (Wildman–Crippen LogP) is -0.762. The average Bonchev–Trinajstić information content (AvgIpc) is 2.82. The molecule has 1 aromatic rings. The third-order valence-electron chi connectivity index (χ3n) is 3.10. The lowest BCUT2D eigenvalue weighted by Gasteiger charge is -2.26. The number of amides is 2. The number of carbonyl (C=O) groups excluding carboxylic acids is 2. The molecule has 3 heterocycles. The normalized spacial score (nSPS) is 18.9. The summed E-state index contributed by atoms with van der Waals surface area (Å²) in [6, 6.07) is 0. The molecule has 0 radical (unpaired) electrons. The molecule has 2 aliphatic heterocycles. The van der Waals surface area contributed by atoms with Gasteiger partial charge in [0.1, 0.15) is 5.56 Å². The molecule has 2 aliphatic rings. The van der Waals surface area contributed by atoms with Gasteiger partial charge in [0, 0.05) is 26.1 Å². The minimum atomic E-state index is -0.187. The molecule has 7 heteroatoms. The Morgan fingerprint density at radius 3 is 3.17 bits per heavy atom. The Morgan fingerprint density at radius 2 is 2.33 bits per heavy atom. The number of aryl methyl sites for hydroxylation is 1. The lowest BCUT2D eigenvalue weighted by molar-refractivity contribution is -0.123. The quantitative estimate of drug-likeness (QED) is 0.710. The van der Waals surface area contributed by atoms with Crippen LogP contribution in [0, 0.1) is 0 Å². The Bertz CT molecular complexity index is 496. The molecule has 0 bridgehead atoms. The second kappa shape index (κ2) is 4.32. The van der Waals surface area contributed by atoms with E-state index < -0.39 is 0 Å². The molecule has 2 amide bonds. The van der Waals surface area contributed by atoms with E-state index in [1.54, 1.807) is 4.68 Å². The van der Waals surface area contributed by atoms with Gasteiger partial charge in [-0.3, -0.25) is 9.59 Å². The van der Waals surface area contributed by atoms with Crippen molar-refractivity contribution in [1.82, 2.24) is 20.0 Å². The van der Waals surface area contributed by atoms with E-state index >= 15 is 0 Å². The second-order valence-corrected chi connectivity index (χ2v) is 4.37. The lowest BCUT2D eigenvalue weighted by Crippen LogP contribution is -2.50. The third kappa shape index (κ3) is 1.81. The van der Waals surface area contributed by atoms with Crippen molar-refractivity contribution in [3.63, 3.8) is 0 Å². The van der Waals surface area contributed by atoms with Gasteiger partial charge in [-0.1, -0.05) is 0 Å². The lowest BCUT2D eigenvalue weighted by atomic mass is 10.2. The van der Waals surface area contributed by atoms with Crippen molar-refractivity contribution in [3.8, 4) is 5.88 Å². The first-order valence-electron chi connectivity index (χ1n) is 6.00. The summed E-state index contributed by atoms with van der Waals surface area (Å²) in [4.78, 5) is 25.1. The highest BCUT2D eigenvalue weighted by molar-refractivity contribution is 5.98. The number of fused-ring (bicyclic) bond motifs is 1. The monoisotopic (exact) mass is 250 g/mol. The van der Waals surface area contributed by atoms with E-state index in [2.05, 4.69) is 10.4 Å². The van der Waals surface area contributed by atoms with E-state index in [0.717, 1.165) is 13.0 Å². The Hall–Kier alpha value is -2.05. The van der Waals surface area contributed by atoms with Crippen molar-refractivity contribution in [2.45, 2.75) is 13.0 Å². The molecule has 96 valence electrons. The van der Waals surface area contributed by atoms with E-state index in [1.165, 1.54) is 11.1 Å². The minimum Gasteiger partial charge on any atom is -0.477 e. The second-order valence-electron chi connectivity index (χ2n) is 4.37. The number of carbonyl (C=O) groups is 2. The van der Waals surface area contributed by atoms with Crippen LogP contribution in [0.5, 0.6) is 5.88 Å². The number of piperazine rings is 1. The number of nitrogens with one attached hydrogen (secondary N) is 1. The molecule has 0 unspecified atom stereocenters. The Balaban J connectivity index is 1.83. The molecule has 1 fully saturated rings. The number of ether oxygens (including phenoxy) is 1. The largest absolute Gasteiger partial charge is 0.477 e. The Kier molecular flexibility index (Phi) is 2.66. The van der Waals surface area contributed by atoms with Crippen molar-refractivity contribution in [2.24, 2.45) is 0 Å². The first-order chi connectivity index (χ1) is 8.75. The molecular weight excluding hydrogens is 236 g/mol. The number of hydrogen-bond acceptors (Lipinski definition) is 4. The van der Waals surface area contributed by atoms with Gasteiger partial charge in [0.2, 0.25) is 11.8 Å². The van der Waals surface area contributed by atoms with Crippen molar-refractivity contribution in [3.05, 3.63) is 11.8 Å². The fourth-order valence-corrected chi connectivity index (χ4v) is 2.20. The number of aromatic nitrogens is 2. The maximum absolute atomic E-state index is 12.3. The minimum absolute atomic E-state index is 0.101. The summed E-state index contributed by atoms with van der Waals surface area (Å²) in [5, 5.41) is 6.82. The summed E-state index contributed by atoms with van der Waals surface area (Å²) >= 11 is 0. The van der Waals surface area contributed by atoms with Crippen molar-refractivity contribution >= 4 is 11.8 Å². The highest BCUT2D eigenvalue weighted by Gasteiger charge is 2.28. The van der Waals surface area contributed by atoms with E-state index in [4.69, 9.17) is 4.74 Å². The Morgan fingerprint density at radius 1 is 1.44 bits per heavy atom. The zero-order valence-corrected chi connectivity index (χ0v) is 9.89. The van der Waals surface area contributed by atoms with Crippen LogP contribution in [0.15, 0.2) is 6.20 Å². The van der Waals surface area contributed by atoms with Crippen LogP contribution in [0.3, 0.4) is 0 Å². The molecule has 18 heavy (non-hydrogen) atoms. The first-order valence-corrected chi connectivity index (χ1v) is 6.00. The van der Waals surface area contributed by atoms with Crippen molar-refractivity contribution in [1.29, 1.82) is 0 Å². The van der Waals surface area contributed by atoms with Crippen LogP contribution in [0.4, 0.5) is 0 Å². The van der Waals surface area contributed by atoms with Crippen LogP contribution in [0.2, 0.25) is 0 Å². The molecule has 0 spiro atoms. The van der Waals surface area contributed by atoms with Gasteiger partial charge in [0.15, 0.2) is 0 Å². The summed E-state index contributed by atoms with van der Waals surface area (Å²) in [6.07, 6.45) is 2.42. The van der Waals surface area contributed by atoms with Gasteiger partial charge < -0.3 is 15.0 Å². The molecule has 7 nitrogen and oxygen atoms in total. The zero-order chi connectivity index (χ0) is 12.5. The van der Waals surface area contributed by atoms with Gasteiger partial charge in [-0.2, -0.15) is 5.10 Å². The van der Waals surface area contributed by atoms with Crippen LogP contribution < -0.4 is 10.1 Å². The van der Waals surface area contributed by atoms with Crippen molar-refractivity contribution in [2.75, 3.05) is 26.2 Å².